The molecule has 158 valence electrons. The van der Waals surface area contributed by atoms with Gasteiger partial charge in [-0.2, -0.15) is 0 Å². The summed E-state index contributed by atoms with van der Waals surface area (Å²) in [5.74, 6) is 2.73. The van der Waals surface area contributed by atoms with E-state index in [2.05, 4.69) is 21.9 Å². The lowest BCUT2D eigenvalue weighted by atomic mass is 10.1. The van der Waals surface area contributed by atoms with Crippen LogP contribution in [0.15, 0.2) is 45.8 Å². The third-order valence-corrected chi connectivity index (χ3v) is 5.68. The van der Waals surface area contributed by atoms with Crippen LogP contribution in [0.3, 0.4) is 0 Å². The fraction of sp³-hybridized carbons (Fsp3) is 0.143. The largest absolute Gasteiger partial charge is 0.493 e. The molecular weight excluding hydrogens is 488 g/mol. The van der Waals surface area contributed by atoms with E-state index in [4.69, 9.17) is 15.9 Å². The predicted octanol–water partition coefficient (Wildman–Crippen LogP) is 4.61. The van der Waals surface area contributed by atoms with Crippen LogP contribution >= 0.6 is 27.7 Å². The van der Waals surface area contributed by atoms with E-state index >= 15 is 0 Å². The molecule has 1 fully saturated rings. The molecule has 10 heteroatoms. The number of methoxy groups -OCH3 is 1. The Balaban J connectivity index is 1.85. The molecule has 1 aliphatic rings. The zero-order valence-electron chi connectivity index (χ0n) is 16.2. The molecule has 2 aromatic rings. The van der Waals surface area contributed by atoms with Crippen molar-refractivity contribution in [3.63, 3.8) is 0 Å². The van der Waals surface area contributed by atoms with Gasteiger partial charge in [-0.25, -0.2) is 0 Å². The Hall–Kier alpha value is -3.29. The van der Waals surface area contributed by atoms with Crippen molar-refractivity contribution in [1.82, 2.24) is 4.90 Å². The number of nitro benzene ring substituents is 1. The van der Waals surface area contributed by atoms with E-state index in [1.165, 1.54) is 25.3 Å². The molecule has 3 rings (SSSR count). The maximum absolute atomic E-state index is 12.8. The fourth-order valence-electron chi connectivity index (χ4n) is 2.82. The SMILES string of the molecule is C#CCOc1c(Br)cc(/C=C2/SC(=O)N(Cc3cccc([N+](=O)[O-])c3)C2=O)cc1OC. The zero-order valence-corrected chi connectivity index (χ0v) is 18.6. The highest BCUT2D eigenvalue weighted by Gasteiger charge is 2.35. The van der Waals surface area contributed by atoms with Crippen LogP contribution in [0.5, 0.6) is 11.5 Å². The van der Waals surface area contributed by atoms with Crippen LogP contribution < -0.4 is 9.47 Å². The number of imide groups is 1. The Kier molecular flexibility index (Phi) is 6.99. The van der Waals surface area contributed by atoms with Crippen LogP contribution in [0.25, 0.3) is 6.08 Å². The molecule has 1 saturated heterocycles. The first-order chi connectivity index (χ1) is 14.8. The highest BCUT2D eigenvalue weighted by atomic mass is 79.9. The van der Waals surface area contributed by atoms with Gasteiger partial charge in [-0.3, -0.25) is 24.6 Å². The van der Waals surface area contributed by atoms with Crippen molar-refractivity contribution in [2.45, 2.75) is 6.54 Å². The minimum absolute atomic E-state index is 0.0600. The van der Waals surface area contributed by atoms with Gasteiger partial charge in [-0.05, 0) is 57.0 Å². The smallest absolute Gasteiger partial charge is 0.293 e. The molecule has 0 aliphatic carbocycles. The third-order valence-electron chi connectivity index (χ3n) is 4.19. The number of ether oxygens (including phenoxy) is 2. The number of carbonyl (C=O) groups excluding carboxylic acids is 2. The standard InChI is InChI=1S/C21H15BrN2O6S/c1-3-7-30-19-16(22)9-14(10-17(19)29-2)11-18-20(25)23(21(26)31-18)12-13-5-4-6-15(8-13)24(27)28/h1,4-6,8-11H,7,12H2,2H3/b18-11+. The van der Waals surface area contributed by atoms with Crippen LogP contribution in [-0.4, -0.2) is 34.7 Å². The summed E-state index contributed by atoms with van der Waals surface area (Å²) in [5, 5.41) is 10.5. The first-order valence-corrected chi connectivity index (χ1v) is 10.4. The zero-order chi connectivity index (χ0) is 22.5. The number of terminal acetylenes is 1. The van der Waals surface area contributed by atoms with Gasteiger partial charge in [0.2, 0.25) is 0 Å². The molecule has 0 aromatic heterocycles. The van der Waals surface area contributed by atoms with Crippen LogP contribution in [0.4, 0.5) is 10.5 Å². The van der Waals surface area contributed by atoms with Crippen molar-refractivity contribution in [1.29, 1.82) is 0 Å². The first-order valence-electron chi connectivity index (χ1n) is 8.76. The van der Waals surface area contributed by atoms with Crippen LogP contribution in [-0.2, 0) is 11.3 Å². The Morgan fingerprint density at radius 1 is 1.32 bits per heavy atom. The summed E-state index contributed by atoms with van der Waals surface area (Å²) in [6.07, 6.45) is 6.79. The predicted molar refractivity (Wildman–Crippen MR) is 120 cm³/mol. The number of hydrogen-bond acceptors (Lipinski definition) is 7. The highest BCUT2D eigenvalue weighted by Crippen LogP contribution is 2.39. The lowest BCUT2D eigenvalue weighted by molar-refractivity contribution is -0.384. The number of nitrogens with zero attached hydrogens (tertiary/aromatic N) is 2. The number of nitro groups is 1. The molecule has 8 nitrogen and oxygen atoms in total. The second-order valence-electron chi connectivity index (χ2n) is 6.22. The maximum atomic E-state index is 12.8. The van der Waals surface area contributed by atoms with Crippen molar-refractivity contribution < 1.29 is 24.0 Å². The van der Waals surface area contributed by atoms with Crippen molar-refractivity contribution >= 4 is 50.6 Å². The quantitative estimate of drug-likeness (QED) is 0.235. The number of non-ortho nitro benzene ring substituents is 1. The number of hydrogen-bond donors (Lipinski definition) is 0. The molecule has 0 saturated carbocycles. The van der Waals surface area contributed by atoms with Gasteiger partial charge in [0.25, 0.3) is 16.8 Å². The van der Waals surface area contributed by atoms with E-state index in [0.29, 0.717) is 27.1 Å². The Bertz CT molecular complexity index is 1140. The summed E-state index contributed by atoms with van der Waals surface area (Å²) in [6, 6.07) is 9.18. The van der Waals surface area contributed by atoms with Crippen LogP contribution in [0.2, 0.25) is 0 Å². The topological polar surface area (TPSA) is 99.0 Å². The Morgan fingerprint density at radius 3 is 2.77 bits per heavy atom. The van der Waals surface area contributed by atoms with E-state index in [1.54, 1.807) is 24.3 Å². The monoisotopic (exact) mass is 502 g/mol. The number of carbonyl (C=O) groups is 2. The summed E-state index contributed by atoms with van der Waals surface area (Å²) >= 11 is 4.19. The van der Waals surface area contributed by atoms with Gasteiger partial charge in [0.05, 0.1) is 28.0 Å². The molecule has 2 amide bonds. The maximum Gasteiger partial charge on any atom is 0.293 e. The lowest BCUT2D eigenvalue weighted by Gasteiger charge is -2.13. The highest BCUT2D eigenvalue weighted by molar-refractivity contribution is 9.10. The van der Waals surface area contributed by atoms with Crippen molar-refractivity contribution in [3.05, 3.63) is 67.0 Å². The summed E-state index contributed by atoms with van der Waals surface area (Å²) in [5.41, 5.74) is 0.985. The van der Waals surface area contributed by atoms with Gasteiger partial charge >= 0.3 is 0 Å². The van der Waals surface area contributed by atoms with Crippen molar-refractivity contribution in [2.24, 2.45) is 0 Å². The van der Waals surface area contributed by atoms with Gasteiger partial charge < -0.3 is 9.47 Å². The van der Waals surface area contributed by atoms with E-state index < -0.39 is 16.1 Å². The first kappa shape index (κ1) is 22.4. The van der Waals surface area contributed by atoms with Gasteiger partial charge in [-0.15, -0.1) is 6.42 Å². The van der Waals surface area contributed by atoms with Crippen LogP contribution in [0.1, 0.15) is 11.1 Å². The van der Waals surface area contributed by atoms with Crippen LogP contribution in [0, 0.1) is 22.5 Å². The second-order valence-corrected chi connectivity index (χ2v) is 8.07. The van der Waals surface area contributed by atoms with Gasteiger partial charge in [-0.1, -0.05) is 18.1 Å². The van der Waals surface area contributed by atoms with E-state index in [-0.39, 0.29) is 23.7 Å². The second kappa shape index (κ2) is 9.68. The number of amides is 2. The molecule has 2 aromatic carbocycles. The third kappa shape index (κ3) is 5.07. The molecule has 31 heavy (non-hydrogen) atoms. The van der Waals surface area contributed by atoms with E-state index in [1.807, 2.05) is 0 Å². The fourth-order valence-corrected chi connectivity index (χ4v) is 4.23. The molecule has 0 N–H and O–H groups in total. The molecule has 0 spiro atoms. The number of thioether (sulfide) groups is 1. The Morgan fingerprint density at radius 2 is 2.10 bits per heavy atom. The molecule has 0 unspecified atom stereocenters. The molecular formula is C21H15BrN2O6S. The summed E-state index contributed by atoms with van der Waals surface area (Å²) in [7, 11) is 1.47. The molecule has 1 heterocycles. The average molecular weight is 503 g/mol. The minimum atomic E-state index is -0.528. The van der Waals surface area contributed by atoms with Crippen molar-refractivity contribution in [3.8, 4) is 23.8 Å². The average Bonchev–Trinajstić information content (AvgIpc) is 3.00. The molecule has 0 atom stereocenters. The summed E-state index contributed by atoms with van der Waals surface area (Å²) < 4.78 is 11.4. The Labute approximate surface area is 190 Å². The molecule has 0 radical (unpaired) electrons. The van der Waals surface area contributed by atoms with Gasteiger partial charge in [0, 0.05) is 12.1 Å². The summed E-state index contributed by atoms with van der Waals surface area (Å²) in [4.78, 5) is 36.9. The number of halogens is 1. The minimum Gasteiger partial charge on any atom is -0.493 e. The number of rotatable bonds is 7. The van der Waals surface area contributed by atoms with E-state index in [0.717, 1.165) is 16.7 Å². The van der Waals surface area contributed by atoms with E-state index in [9.17, 15) is 19.7 Å². The summed E-state index contributed by atoms with van der Waals surface area (Å²) in [6.45, 7) is 0.000409. The molecule has 1 aliphatic heterocycles. The van der Waals surface area contributed by atoms with Crippen molar-refractivity contribution in [2.75, 3.05) is 13.7 Å². The lowest BCUT2D eigenvalue weighted by Crippen LogP contribution is -2.27. The molecule has 0 bridgehead atoms. The number of benzene rings is 2. The van der Waals surface area contributed by atoms with Gasteiger partial charge in [0.15, 0.2) is 11.5 Å². The normalized spacial score (nSPS) is 14.6. The van der Waals surface area contributed by atoms with Gasteiger partial charge in [0.1, 0.15) is 6.61 Å².